The minimum atomic E-state index is -1.30. The minimum absolute atomic E-state index is 0.0631. The average Bonchev–Trinajstić information content (AvgIpc) is 3.20. The first kappa shape index (κ1) is 13.1. The van der Waals surface area contributed by atoms with Crippen LogP contribution in [0.25, 0.3) is 10.9 Å². The molecule has 6 heteroatoms. The molecule has 1 saturated carbocycles. The van der Waals surface area contributed by atoms with Crippen molar-refractivity contribution in [3.63, 3.8) is 0 Å². The number of hydrogen-bond acceptors (Lipinski definition) is 2. The van der Waals surface area contributed by atoms with Crippen LogP contribution in [-0.2, 0) is 0 Å². The summed E-state index contributed by atoms with van der Waals surface area (Å²) < 4.78 is 15.6. The first-order valence-electron chi connectivity index (χ1n) is 6.18. The summed E-state index contributed by atoms with van der Waals surface area (Å²) in [6.45, 7) is 1.44. The van der Waals surface area contributed by atoms with E-state index in [0.717, 1.165) is 12.8 Å². The van der Waals surface area contributed by atoms with Gasteiger partial charge < -0.3 is 9.67 Å². The molecule has 1 heterocycles. The highest BCUT2D eigenvalue weighted by Crippen LogP contribution is 2.38. The Hall–Kier alpha value is -1.88. The molecule has 0 bridgehead atoms. The summed E-state index contributed by atoms with van der Waals surface area (Å²) in [6, 6.07) is 1.54. The fourth-order valence-corrected chi connectivity index (χ4v) is 2.68. The van der Waals surface area contributed by atoms with E-state index in [4.69, 9.17) is 16.7 Å². The van der Waals surface area contributed by atoms with Crippen LogP contribution < -0.4 is 5.43 Å². The Kier molecular flexibility index (Phi) is 2.83. The second-order valence-electron chi connectivity index (χ2n) is 5.01. The number of halogens is 2. The van der Waals surface area contributed by atoms with Gasteiger partial charge in [-0.05, 0) is 31.4 Å². The lowest BCUT2D eigenvalue weighted by molar-refractivity contribution is 0.0695. The maximum absolute atomic E-state index is 13.9. The zero-order chi connectivity index (χ0) is 14.6. The summed E-state index contributed by atoms with van der Waals surface area (Å²) in [6.07, 6.45) is 3.15. The van der Waals surface area contributed by atoms with E-state index < -0.39 is 17.2 Å². The van der Waals surface area contributed by atoms with E-state index in [1.54, 1.807) is 4.57 Å². The summed E-state index contributed by atoms with van der Waals surface area (Å²) in [5, 5.41) is 9.17. The highest BCUT2D eigenvalue weighted by Gasteiger charge is 2.28. The molecule has 0 spiro atoms. The number of aromatic nitrogens is 1. The lowest BCUT2D eigenvalue weighted by Gasteiger charge is -2.14. The van der Waals surface area contributed by atoms with Crippen LogP contribution in [0.1, 0.15) is 34.8 Å². The number of carboxylic acids is 1. The molecular weight excluding hydrogens is 285 g/mol. The molecule has 0 aliphatic heterocycles. The molecule has 1 N–H and O–H groups in total. The number of fused-ring (bicyclic) bond motifs is 1. The van der Waals surface area contributed by atoms with Gasteiger partial charge in [-0.1, -0.05) is 11.6 Å². The van der Waals surface area contributed by atoms with Crippen LogP contribution >= 0.6 is 11.6 Å². The molecule has 104 valence electrons. The third-order valence-electron chi connectivity index (χ3n) is 3.62. The average molecular weight is 296 g/mol. The van der Waals surface area contributed by atoms with Gasteiger partial charge in [-0.25, -0.2) is 9.18 Å². The van der Waals surface area contributed by atoms with Gasteiger partial charge in [-0.3, -0.25) is 4.79 Å². The number of pyridine rings is 1. The topological polar surface area (TPSA) is 59.3 Å². The Morgan fingerprint density at radius 2 is 2.15 bits per heavy atom. The maximum atomic E-state index is 13.9. The van der Waals surface area contributed by atoms with Gasteiger partial charge in [0.1, 0.15) is 11.4 Å². The molecule has 1 aliphatic carbocycles. The van der Waals surface area contributed by atoms with Crippen molar-refractivity contribution in [2.24, 2.45) is 0 Å². The zero-order valence-electron chi connectivity index (χ0n) is 10.6. The molecule has 0 atom stereocenters. The summed E-state index contributed by atoms with van der Waals surface area (Å²) >= 11 is 5.84. The summed E-state index contributed by atoms with van der Waals surface area (Å²) in [5.74, 6) is -1.98. The molecule has 0 saturated heterocycles. The molecule has 1 aliphatic rings. The molecule has 0 unspecified atom stereocenters. The quantitative estimate of drug-likeness (QED) is 0.926. The van der Waals surface area contributed by atoms with Crippen molar-refractivity contribution < 1.29 is 14.3 Å². The molecule has 20 heavy (non-hydrogen) atoms. The number of hydrogen-bond donors (Lipinski definition) is 1. The third-order valence-corrected chi connectivity index (χ3v) is 3.90. The molecule has 0 amide bonds. The second-order valence-corrected chi connectivity index (χ2v) is 5.41. The van der Waals surface area contributed by atoms with Crippen molar-refractivity contribution in [1.29, 1.82) is 0 Å². The van der Waals surface area contributed by atoms with Gasteiger partial charge >= 0.3 is 5.97 Å². The Morgan fingerprint density at radius 3 is 2.70 bits per heavy atom. The Labute approximate surface area is 118 Å². The molecule has 2 aromatic rings. The zero-order valence-corrected chi connectivity index (χ0v) is 11.4. The molecule has 4 nitrogen and oxygen atoms in total. The van der Waals surface area contributed by atoms with Gasteiger partial charge in [-0.15, -0.1) is 0 Å². The van der Waals surface area contributed by atoms with Crippen molar-refractivity contribution in [1.82, 2.24) is 4.57 Å². The van der Waals surface area contributed by atoms with E-state index in [9.17, 15) is 14.0 Å². The Bertz CT molecular complexity index is 808. The van der Waals surface area contributed by atoms with Gasteiger partial charge in [0.25, 0.3) is 0 Å². The summed E-state index contributed by atoms with van der Waals surface area (Å²) in [4.78, 5) is 23.4. The smallest absolute Gasteiger partial charge is 0.341 e. The summed E-state index contributed by atoms with van der Waals surface area (Å²) in [7, 11) is 0. The van der Waals surface area contributed by atoms with Crippen molar-refractivity contribution >= 4 is 28.5 Å². The third kappa shape index (κ3) is 1.81. The fraction of sp³-hybridized carbons (Fsp3) is 0.286. The first-order chi connectivity index (χ1) is 9.41. The van der Waals surface area contributed by atoms with Crippen LogP contribution in [0.2, 0.25) is 5.02 Å². The van der Waals surface area contributed by atoms with Crippen LogP contribution in [0, 0.1) is 12.7 Å². The van der Waals surface area contributed by atoms with Gasteiger partial charge in [0.05, 0.1) is 15.9 Å². The lowest BCUT2D eigenvalue weighted by atomic mass is 10.1. The Morgan fingerprint density at radius 1 is 1.50 bits per heavy atom. The van der Waals surface area contributed by atoms with Gasteiger partial charge in [0.2, 0.25) is 5.43 Å². The minimum Gasteiger partial charge on any atom is -0.477 e. The van der Waals surface area contributed by atoms with Gasteiger partial charge in [0.15, 0.2) is 0 Å². The predicted octanol–water partition coefficient (Wildman–Crippen LogP) is 3.14. The molecular formula is C14H11ClFNO3. The highest BCUT2D eigenvalue weighted by molar-refractivity contribution is 6.31. The number of benzene rings is 1. The van der Waals surface area contributed by atoms with Crippen molar-refractivity contribution in [2.45, 2.75) is 25.8 Å². The Balaban J connectivity index is 2.52. The standard InChI is InChI=1S/C14H11ClFNO3/c1-6-11-10(4-9(15)12(6)16)17(7-2-3-7)5-8(13(11)18)14(19)20/h4-5,7H,2-3H2,1H3,(H,19,20). The van der Waals surface area contributed by atoms with Crippen LogP contribution in [-0.4, -0.2) is 15.6 Å². The van der Waals surface area contributed by atoms with Crippen LogP contribution in [0.3, 0.4) is 0 Å². The first-order valence-corrected chi connectivity index (χ1v) is 6.56. The van der Waals surface area contributed by atoms with Crippen molar-refractivity contribution in [3.8, 4) is 0 Å². The normalized spacial score (nSPS) is 14.8. The molecule has 3 rings (SSSR count). The van der Waals surface area contributed by atoms with Crippen LogP contribution in [0.5, 0.6) is 0 Å². The SMILES string of the molecule is Cc1c(F)c(Cl)cc2c1c(=O)c(C(=O)O)cn2C1CC1. The van der Waals surface area contributed by atoms with E-state index in [2.05, 4.69) is 0 Å². The van der Waals surface area contributed by atoms with Crippen LogP contribution in [0.4, 0.5) is 4.39 Å². The van der Waals surface area contributed by atoms with Crippen LogP contribution in [0.15, 0.2) is 17.1 Å². The maximum Gasteiger partial charge on any atom is 0.341 e. The predicted molar refractivity (Wildman–Crippen MR) is 73.1 cm³/mol. The van der Waals surface area contributed by atoms with E-state index in [1.165, 1.54) is 19.2 Å². The second kappa shape index (κ2) is 4.31. The number of carbonyl (C=O) groups is 1. The largest absolute Gasteiger partial charge is 0.477 e. The van der Waals surface area contributed by atoms with E-state index >= 15 is 0 Å². The van der Waals surface area contributed by atoms with Gasteiger partial charge in [0, 0.05) is 12.2 Å². The molecule has 0 radical (unpaired) electrons. The monoisotopic (exact) mass is 295 g/mol. The van der Waals surface area contributed by atoms with Crippen molar-refractivity contribution in [3.05, 3.63) is 44.5 Å². The van der Waals surface area contributed by atoms with E-state index in [-0.39, 0.29) is 27.6 Å². The lowest BCUT2D eigenvalue weighted by Crippen LogP contribution is -2.20. The highest BCUT2D eigenvalue weighted by atomic mass is 35.5. The number of aryl methyl sites for hydroxylation is 1. The van der Waals surface area contributed by atoms with E-state index in [1.807, 2.05) is 0 Å². The number of rotatable bonds is 2. The molecule has 1 aromatic carbocycles. The number of aromatic carboxylic acids is 1. The molecule has 1 aromatic heterocycles. The number of nitrogens with zero attached hydrogens (tertiary/aromatic N) is 1. The van der Waals surface area contributed by atoms with E-state index in [0.29, 0.717) is 5.52 Å². The van der Waals surface area contributed by atoms with Crippen molar-refractivity contribution in [2.75, 3.05) is 0 Å². The summed E-state index contributed by atoms with van der Waals surface area (Å²) in [5.41, 5.74) is -0.423. The number of carboxylic acid groups (broad SMARTS) is 1. The molecule has 1 fully saturated rings. The fourth-order valence-electron chi connectivity index (χ4n) is 2.44. The van der Waals surface area contributed by atoms with Gasteiger partial charge in [-0.2, -0.15) is 0 Å².